The van der Waals surface area contributed by atoms with Crippen LogP contribution in [0.25, 0.3) is 5.57 Å². The molecule has 1 nitrogen and oxygen atoms in total. The first-order valence-corrected chi connectivity index (χ1v) is 8.41. The fourth-order valence-electron chi connectivity index (χ4n) is 4.63. The maximum atomic E-state index is 12.9. The smallest absolute Gasteiger partial charge is 0.168 e. The molecule has 0 aliphatic heterocycles. The summed E-state index contributed by atoms with van der Waals surface area (Å²) in [6.45, 7) is 0. The van der Waals surface area contributed by atoms with Gasteiger partial charge in [-0.3, -0.25) is 4.79 Å². The van der Waals surface area contributed by atoms with Crippen LogP contribution in [0.15, 0.2) is 35.2 Å². The predicted molar refractivity (Wildman–Crippen MR) is 79.7 cm³/mol. The first-order valence-electron chi connectivity index (χ1n) is 7.19. The first kappa shape index (κ1) is 11.8. The second kappa shape index (κ2) is 4.24. The van der Waals surface area contributed by atoms with E-state index in [1.54, 1.807) is 0 Å². The minimum atomic E-state index is 0.316. The first-order chi connectivity index (χ1) is 9.31. The number of hydrogen-bond donors (Lipinski definition) is 0. The van der Waals surface area contributed by atoms with E-state index in [0.29, 0.717) is 23.5 Å². The van der Waals surface area contributed by atoms with Gasteiger partial charge in [0.25, 0.3) is 0 Å². The SMILES string of the molecule is CSC1=C(c2ccccc2)C(=O)C2C3CCC(C3)C12. The van der Waals surface area contributed by atoms with E-state index in [-0.39, 0.29) is 0 Å². The van der Waals surface area contributed by atoms with E-state index in [4.69, 9.17) is 0 Å². The number of fused-ring (bicyclic) bond motifs is 5. The van der Waals surface area contributed by atoms with Gasteiger partial charge in [0.1, 0.15) is 0 Å². The highest BCUT2D eigenvalue weighted by Gasteiger charge is 2.56. The molecule has 1 aromatic rings. The molecule has 0 saturated heterocycles. The summed E-state index contributed by atoms with van der Waals surface area (Å²) in [4.78, 5) is 14.3. The number of rotatable bonds is 2. The molecule has 19 heavy (non-hydrogen) atoms. The van der Waals surface area contributed by atoms with Crippen molar-refractivity contribution in [1.29, 1.82) is 0 Å². The predicted octanol–water partition coefficient (Wildman–Crippen LogP) is 4.01. The van der Waals surface area contributed by atoms with Gasteiger partial charge in [0.15, 0.2) is 5.78 Å². The molecule has 3 aliphatic rings. The van der Waals surface area contributed by atoms with E-state index in [1.807, 2.05) is 30.0 Å². The van der Waals surface area contributed by atoms with Crippen LogP contribution < -0.4 is 0 Å². The van der Waals surface area contributed by atoms with Crippen LogP contribution in [0.2, 0.25) is 0 Å². The highest BCUT2D eigenvalue weighted by atomic mass is 32.2. The van der Waals surface area contributed by atoms with Crippen LogP contribution in [-0.4, -0.2) is 12.0 Å². The third-order valence-electron chi connectivity index (χ3n) is 5.30. The van der Waals surface area contributed by atoms with Crippen molar-refractivity contribution in [3.8, 4) is 0 Å². The molecule has 2 fully saturated rings. The van der Waals surface area contributed by atoms with Crippen molar-refractivity contribution in [2.24, 2.45) is 23.7 Å². The number of carbonyl (C=O) groups is 1. The van der Waals surface area contributed by atoms with Crippen molar-refractivity contribution < 1.29 is 4.79 Å². The molecule has 0 radical (unpaired) electrons. The monoisotopic (exact) mass is 270 g/mol. The number of allylic oxidation sites excluding steroid dienone is 2. The molecule has 4 rings (SSSR count). The molecule has 0 heterocycles. The van der Waals surface area contributed by atoms with Crippen molar-refractivity contribution in [1.82, 2.24) is 0 Å². The van der Waals surface area contributed by atoms with Gasteiger partial charge in [-0.2, -0.15) is 0 Å². The second-order valence-electron chi connectivity index (χ2n) is 6.06. The summed E-state index contributed by atoms with van der Waals surface area (Å²) in [5, 5.41) is 0. The van der Waals surface area contributed by atoms with Gasteiger partial charge in [-0.05, 0) is 42.9 Å². The molecule has 0 aromatic heterocycles. The minimum Gasteiger partial charge on any atom is -0.294 e. The van der Waals surface area contributed by atoms with Crippen molar-refractivity contribution >= 4 is 23.1 Å². The van der Waals surface area contributed by atoms with Crippen LogP contribution in [0, 0.1) is 23.7 Å². The summed E-state index contributed by atoms with van der Waals surface area (Å²) in [5.74, 6) is 2.76. The summed E-state index contributed by atoms with van der Waals surface area (Å²) < 4.78 is 0. The summed E-state index contributed by atoms with van der Waals surface area (Å²) in [6.07, 6.45) is 6.06. The maximum Gasteiger partial charge on any atom is 0.168 e. The molecule has 4 unspecified atom stereocenters. The Balaban J connectivity index is 1.84. The minimum absolute atomic E-state index is 0.316. The Labute approximate surface area is 118 Å². The highest BCUT2D eigenvalue weighted by molar-refractivity contribution is 8.02. The third-order valence-corrected chi connectivity index (χ3v) is 6.21. The molecule has 0 amide bonds. The van der Waals surface area contributed by atoms with Crippen molar-refractivity contribution in [2.45, 2.75) is 19.3 Å². The van der Waals surface area contributed by atoms with Crippen LogP contribution >= 0.6 is 11.8 Å². The van der Waals surface area contributed by atoms with Gasteiger partial charge in [-0.1, -0.05) is 30.3 Å². The fraction of sp³-hybridized carbons (Fsp3) is 0.471. The van der Waals surface area contributed by atoms with Crippen LogP contribution in [0.1, 0.15) is 24.8 Å². The Kier molecular flexibility index (Phi) is 2.63. The van der Waals surface area contributed by atoms with Crippen LogP contribution in [-0.2, 0) is 4.79 Å². The quantitative estimate of drug-likeness (QED) is 0.808. The van der Waals surface area contributed by atoms with Crippen molar-refractivity contribution in [3.05, 3.63) is 40.8 Å². The summed E-state index contributed by atoms with van der Waals surface area (Å²) in [6, 6.07) is 10.3. The number of benzene rings is 1. The van der Waals surface area contributed by atoms with Crippen LogP contribution in [0.5, 0.6) is 0 Å². The molecule has 1 aromatic carbocycles. The molecule has 98 valence electrons. The number of carbonyl (C=O) groups excluding carboxylic acids is 1. The second-order valence-corrected chi connectivity index (χ2v) is 6.91. The van der Waals surface area contributed by atoms with Crippen LogP contribution in [0.4, 0.5) is 0 Å². The molecule has 2 heteroatoms. The Morgan fingerprint density at radius 2 is 1.74 bits per heavy atom. The molecule has 0 N–H and O–H groups in total. The molecule has 3 aliphatic carbocycles. The largest absolute Gasteiger partial charge is 0.294 e. The zero-order chi connectivity index (χ0) is 13.0. The van der Waals surface area contributed by atoms with Crippen molar-refractivity contribution in [2.75, 3.05) is 6.26 Å². The summed E-state index contributed by atoms with van der Waals surface area (Å²) in [5.41, 5.74) is 2.17. The summed E-state index contributed by atoms with van der Waals surface area (Å²) in [7, 11) is 0. The van der Waals surface area contributed by atoms with Gasteiger partial charge in [-0.15, -0.1) is 11.8 Å². The lowest BCUT2D eigenvalue weighted by molar-refractivity contribution is -0.118. The van der Waals surface area contributed by atoms with E-state index in [1.165, 1.54) is 24.2 Å². The summed E-state index contributed by atoms with van der Waals surface area (Å²) >= 11 is 1.81. The molecule has 2 saturated carbocycles. The van der Waals surface area contributed by atoms with Gasteiger partial charge in [0.2, 0.25) is 0 Å². The van der Waals surface area contributed by atoms with E-state index in [0.717, 1.165) is 17.1 Å². The molecule has 4 atom stereocenters. The Morgan fingerprint density at radius 3 is 2.42 bits per heavy atom. The van der Waals surface area contributed by atoms with Gasteiger partial charge in [0, 0.05) is 22.3 Å². The maximum absolute atomic E-state index is 12.9. The third kappa shape index (κ3) is 1.53. The van der Waals surface area contributed by atoms with Crippen LogP contribution in [0.3, 0.4) is 0 Å². The average Bonchev–Trinajstić information content (AvgIpc) is 3.11. The number of hydrogen-bond acceptors (Lipinski definition) is 2. The highest BCUT2D eigenvalue weighted by Crippen LogP contribution is 2.62. The average molecular weight is 270 g/mol. The Morgan fingerprint density at radius 1 is 1.05 bits per heavy atom. The van der Waals surface area contributed by atoms with E-state index in [2.05, 4.69) is 18.4 Å². The van der Waals surface area contributed by atoms with Gasteiger partial charge < -0.3 is 0 Å². The van der Waals surface area contributed by atoms with E-state index < -0.39 is 0 Å². The van der Waals surface area contributed by atoms with E-state index >= 15 is 0 Å². The lowest BCUT2D eigenvalue weighted by atomic mass is 9.80. The van der Waals surface area contributed by atoms with E-state index in [9.17, 15) is 4.79 Å². The zero-order valence-electron chi connectivity index (χ0n) is 11.1. The Hall–Kier alpha value is -1.02. The number of ketones is 1. The lowest BCUT2D eigenvalue weighted by Gasteiger charge is -2.25. The standard InChI is InChI=1S/C17H18OS/c1-19-17-14-12-8-7-11(9-12)13(14)16(18)15(17)10-5-3-2-4-6-10/h2-6,11-14H,7-9H2,1H3. The van der Waals surface area contributed by atoms with Gasteiger partial charge in [0.05, 0.1) is 0 Å². The molecular weight excluding hydrogens is 252 g/mol. The van der Waals surface area contributed by atoms with Crippen molar-refractivity contribution in [3.63, 3.8) is 0 Å². The van der Waals surface area contributed by atoms with Gasteiger partial charge in [-0.25, -0.2) is 0 Å². The topological polar surface area (TPSA) is 17.1 Å². The molecular formula is C17H18OS. The fourth-order valence-corrected chi connectivity index (χ4v) is 5.66. The molecule has 0 spiro atoms. The Bertz CT molecular complexity index is 560. The zero-order valence-corrected chi connectivity index (χ0v) is 12.0. The molecule has 2 bridgehead atoms. The normalized spacial score (nSPS) is 36.2. The lowest BCUT2D eigenvalue weighted by Crippen LogP contribution is -2.24. The van der Waals surface area contributed by atoms with Gasteiger partial charge >= 0.3 is 0 Å². The number of Topliss-reactive ketones (excluding diaryl/α,β-unsaturated/α-hetero) is 1. The number of thioether (sulfide) groups is 1.